The van der Waals surface area contributed by atoms with Crippen molar-refractivity contribution in [3.8, 4) is 5.75 Å². The van der Waals surface area contributed by atoms with Crippen LogP contribution < -0.4 is 4.74 Å². The Morgan fingerprint density at radius 3 is 2.47 bits per heavy atom. The third-order valence-electron chi connectivity index (χ3n) is 2.23. The zero-order valence-corrected chi connectivity index (χ0v) is 10.7. The quantitative estimate of drug-likeness (QED) is 0.763. The van der Waals surface area contributed by atoms with Gasteiger partial charge in [0.1, 0.15) is 5.75 Å². The minimum atomic E-state index is 0.669. The predicted molar refractivity (Wildman–Crippen MR) is 66.2 cm³/mol. The summed E-state index contributed by atoms with van der Waals surface area (Å²) in [6.07, 6.45) is 0.778. The van der Waals surface area contributed by atoms with Crippen molar-refractivity contribution in [2.45, 2.75) is 24.0 Å². The Labute approximate surface area is 104 Å². The molecule has 0 amide bonds. The highest BCUT2D eigenvalue weighted by molar-refractivity contribution is 7.98. The number of thioether (sulfide) groups is 1. The van der Waals surface area contributed by atoms with Gasteiger partial charge in [0.25, 0.3) is 0 Å². The number of hydrogen-bond acceptors (Lipinski definition) is 5. The van der Waals surface area contributed by atoms with Crippen molar-refractivity contribution in [1.82, 2.24) is 10.2 Å². The van der Waals surface area contributed by atoms with E-state index in [0.29, 0.717) is 17.5 Å². The average Bonchev–Trinajstić information content (AvgIpc) is 2.85. The van der Waals surface area contributed by atoms with Crippen molar-refractivity contribution in [1.29, 1.82) is 0 Å². The van der Waals surface area contributed by atoms with Crippen LogP contribution in [0.25, 0.3) is 0 Å². The van der Waals surface area contributed by atoms with Gasteiger partial charge in [0, 0.05) is 11.3 Å². The molecule has 2 rings (SSSR count). The van der Waals surface area contributed by atoms with Crippen molar-refractivity contribution in [3.05, 3.63) is 36.0 Å². The van der Waals surface area contributed by atoms with E-state index in [0.717, 1.165) is 17.1 Å². The predicted octanol–water partition coefficient (Wildman–Crippen LogP) is 2.93. The second kappa shape index (κ2) is 5.72. The smallest absolute Gasteiger partial charge is 0.226 e. The number of aryl methyl sites for hydroxylation is 1. The van der Waals surface area contributed by atoms with Crippen LogP contribution in [0.15, 0.2) is 33.6 Å². The molecule has 0 aliphatic heterocycles. The van der Waals surface area contributed by atoms with Crippen molar-refractivity contribution in [3.63, 3.8) is 0 Å². The fraction of sp³-hybridized carbons (Fsp3) is 0.333. The van der Waals surface area contributed by atoms with Crippen LogP contribution in [-0.2, 0) is 12.2 Å². The lowest BCUT2D eigenvalue weighted by Gasteiger charge is -2.01. The van der Waals surface area contributed by atoms with Crippen LogP contribution in [0.2, 0.25) is 0 Å². The fourth-order valence-corrected chi connectivity index (χ4v) is 2.04. The van der Waals surface area contributed by atoms with Gasteiger partial charge in [-0.2, -0.15) is 0 Å². The molecule has 0 N–H and O–H groups in total. The molecule has 0 saturated carbocycles. The Balaban J connectivity index is 1.92. The summed E-state index contributed by atoms with van der Waals surface area (Å²) in [6, 6.07) is 7.91. The summed E-state index contributed by atoms with van der Waals surface area (Å²) in [5.74, 6) is 2.91. The van der Waals surface area contributed by atoms with Crippen LogP contribution in [0.1, 0.15) is 18.7 Å². The third-order valence-corrected chi connectivity index (χ3v) is 3.23. The number of aromatic nitrogens is 2. The third kappa shape index (κ3) is 3.23. The van der Waals surface area contributed by atoms with Gasteiger partial charge in [-0.3, -0.25) is 0 Å². The zero-order valence-electron chi connectivity index (χ0n) is 9.84. The SMILES string of the molecule is CCc1nnc(CSc2ccc(OC)cc2)o1. The largest absolute Gasteiger partial charge is 0.497 e. The summed E-state index contributed by atoms with van der Waals surface area (Å²) in [5, 5.41) is 7.90. The fourth-order valence-electron chi connectivity index (χ4n) is 1.31. The maximum absolute atomic E-state index is 5.43. The first kappa shape index (κ1) is 12.0. The molecule has 1 aromatic heterocycles. The van der Waals surface area contributed by atoms with Crippen LogP contribution in [0.4, 0.5) is 0 Å². The Morgan fingerprint density at radius 1 is 1.18 bits per heavy atom. The zero-order chi connectivity index (χ0) is 12.1. The maximum atomic E-state index is 5.43. The highest BCUT2D eigenvalue weighted by Crippen LogP contribution is 2.24. The first-order chi connectivity index (χ1) is 8.31. The molecular formula is C12H14N2O2S. The maximum Gasteiger partial charge on any atom is 0.226 e. The first-order valence-corrected chi connectivity index (χ1v) is 6.38. The molecule has 5 heteroatoms. The lowest BCUT2D eigenvalue weighted by molar-refractivity contribution is 0.414. The standard InChI is InChI=1S/C12H14N2O2S/c1-3-11-13-14-12(16-11)8-17-10-6-4-9(15-2)5-7-10/h4-7H,3,8H2,1-2H3. The monoisotopic (exact) mass is 250 g/mol. The van der Waals surface area contributed by atoms with Gasteiger partial charge >= 0.3 is 0 Å². The molecule has 4 nitrogen and oxygen atoms in total. The van der Waals surface area contributed by atoms with Crippen LogP contribution in [0, 0.1) is 0 Å². The van der Waals surface area contributed by atoms with Crippen molar-refractivity contribution < 1.29 is 9.15 Å². The summed E-state index contributed by atoms with van der Waals surface area (Å²) in [4.78, 5) is 1.15. The second-order valence-electron chi connectivity index (χ2n) is 3.41. The molecule has 2 aromatic rings. The lowest BCUT2D eigenvalue weighted by atomic mass is 10.3. The van der Waals surface area contributed by atoms with Crippen LogP contribution in [0.5, 0.6) is 5.75 Å². The van der Waals surface area contributed by atoms with Gasteiger partial charge in [-0.15, -0.1) is 22.0 Å². The van der Waals surface area contributed by atoms with Crippen molar-refractivity contribution in [2.75, 3.05) is 7.11 Å². The summed E-state index contributed by atoms with van der Waals surface area (Å²) in [6.45, 7) is 1.99. The van der Waals surface area contributed by atoms with Crippen LogP contribution >= 0.6 is 11.8 Å². The number of methoxy groups -OCH3 is 1. The van der Waals surface area contributed by atoms with Crippen LogP contribution in [-0.4, -0.2) is 17.3 Å². The van der Waals surface area contributed by atoms with E-state index in [9.17, 15) is 0 Å². The van der Waals surface area contributed by atoms with Crippen LogP contribution in [0.3, 0.4) is 0 Å². The molecule has 17 heavy (non-hydrogen) atoms. The Hall–Kier alpha value is -1.49. The highest BCUT2D eigenvalue weighted by Gasteiger charge is 2.04. The van der Waals surface area contributed by atoms with Gasteiger partial charge < -0.3 is 9.15 Å². The molecule has 1 heterocycles. The molecule has 0 atom stereocenters. The molecule has 0 bridgehead atoms. The number of rotatable bonds is 5. The summed E-state index contributed by atoms with van der Waals surface area (Å²) >= 11 is 1.66. The van der Waals surface area contributed by atoms with Gasteiger partial charge in [-0.05, 0) is 24.3 Å². The van der Waals surface area contributed by atoms with Gasteiger partial charge in [-0.1, -0.05) is 6.92 Å². The topological polar surface area (TPSA) is 48.2 Å². The van der Waals surface area contributed by atoms with Gasteiger partial charge in [0.05, 0.1) is 12.9 Å². The van der Waals surface area contributed by atoms with E-state index in [-0.39, 0.29) is 0 Å². The van der Waals surface area contributed by atoms with Gasteiger partial charge in [0.15, 0.2) is 0 Å². The molecule has 0 spiro atoms. The molecule has 1 aromatic carbocycles. The normalized spacial score (nSPS) is 10.5. The molecule has 0 radical (unpaired) electrons. The van der Waals surface area contributed by atoms with E-state index in [1.165, 1.54) is 0 Å². The lowest BCUT2D eigenvalue weighted by Crippen LogP contribution is -1.83. The Bertz CT molecular complexity index is 468. The van der Waals surface area contributed by atoms with E-state index in [1.54, 1.807) is 18.9 Å². The molecule has 0 fully saturated rings. The van der Waals surface area contributed by atoms with E-state index in [2.05, 4.69) is 10.2 Å². The molecule has 0 unspecified atom stereocenters. The molecular weight excluding hydrogens is 236 g/mol. The molecule has 0 saturated heterocycles. The van der Waals surface area contributed by atoms with Gasteiger partial charge in [-0.25, -0.2) is 0 Å². The summed E-state index contributed by atoms with van der Waals surface area (Å²) < 4.78 is 10.5. The molecule has 0 aliphatic rings. The number of ether oxygens (including phenoxy) is 1. The molecule has 90 valence electrons. The summed E-state index contributed by atoms with van der Waals surface area (Å²) in [5.41, 5.74) is 0. The van der Waals surface area contributed by atoms with Crippen molar-refractivity contribution >= 4 is 11.8 Å². The van der Waals surface area contributed by atoms with E-state index < -0.39 is 0 Å². The average molecular weight is 250 g/mol. The number of benzene rings is 1. The number of nitrogens with zero attached hydrogens (tertiary/aromatic N) is 2. The number of hydrogen-bond donors (Lipinski definition) is 0. The van der Waals surface area contributed by atoms with Crippen molar-refractivity contribution in [2.24, 2.45) is 0 Å². The molecule has 0 aliphatic carbocycles. The van der Waals surface area contributed by atoms with E-state index >= 15 is 0 Å². The minimum Gasteiger partial charge on any atom is -0.497 e. The Kier molecular flexibility index (Phi) is 4.03. The van der Waals surface area contributed by atoms with Gasteiger partial charge in [0.2, 0.25) is 11.8 Å². The minimum absolute atomic E-state index is 0.669. The van der Waals surface area contributed by atoms with E-state index in [1.807, 2.05) is 31.2 Å². The second-order valence-corrected chi connectivity index (χ2v) is 4.46. The summed E-state index contributed by atoms with van der Waals surface area (Å²) in [7, 11) is 1.66. The first-order valence-electron chi connectivity index (χ1n) is 5.40. The van der Waals surface area contributed by atoms with E-state index in [4.69, 9.17) is 9.15 Å². The highest BCUT2D eigenvalue weighted by atomic mass is 32.2. The Morgan fingerprint density at radius 2 is 1.88 bits per heavy atom.